The Hall–Kier alpha value is -5.06. The summed E-state index contributed by atoms with van der Waals surface area (Å²) in [4.78, 5) is 20.3. The Morgan fingerprint density at radius 2 is 1.46 bits per heavy atom. The van der Waals surface area contributed by atoms with Gasteiger partial charge in [0.2, 0.25) is 21.9 Å². The van der Waals surface area contributed by atoms with Gasteiger partial charge >= 0.3 is 19.5 Å². The third kappa shape index (κ3) is 6.09. The van der Waals surface area contributed by atoms with Gasteiger partial charge in [-0.05, 0) is 32.7 Å². The number of hydrogen-bond acceptors (Lipinski definition) is 14. The van der Waals surface area contributed by atoms with Crippen LogP contribution in [0.2, 0.25) is 0 Å². The third-order valence-electron chi connectivity index (χ3n) is 5.24. The van der Waals surface area contributed by atoms with E-state index in [9.17, 15) is 5.26 Å². The molecular weight excluding hydrogens is 634 g/mol. The number of hydrogen-bond donors (Lipinski definition) is 0. The molecule has 1 radical (unpaired) electrons. The van der Waals surface area contributed by atoms with Gasteiger partial charge in [0.05, 0.1) is 24.2 Å². The topological polar surface area (TPSA) is 191 Å². The van der Waals surface area contributed by atoms with Crippen molar-refractivity contribution in [3.8, 4) is 16.3 Å². The molecular formula is C23H17N16RuS. The average Bonchev–Trinajstić information content (AvgIpc) is 3.65. The molecule has 0 aliphatic carbocycles. The smallest absolute Gasteiger partial charge is 0.371 e. The quantitative estimate of drug-likeness (QED) is 0.137. The van der Waals surface area contributed by atoms with E-state index < -0.39 is 0 Å². The van der Waals surface area contributed by atoms with Crippen LogP contribution < -0.4 is 0 Å². The third-order valence-corrected chi connectivity index (χ3v) is 6.14. The first-order valence-corrected chi connectivity index (χ1v) is 12.3. The average molecular weight is 651 g/mol. The summed E-state index contributed by atoms with van der Waals surface area (Å²) >= 11 is 1.12. The maximum atomic E-state index is 9.59. The van der Waals surface area contributed by atoms with Crippen molar-refractivity contribution >= 4 is 40.0 Å². The Bertz CT molecular complexity index is 1880. The van der Waals surface area contributed by atoms with Gasteiger partial charge in [-0.25, -0.2) is 24.2 Å². The summed E-state index contributed by atoms with van der Waals surface area (Å²) < 4.78 is 2.73. The van der Waals surface area contributed by atoms with E-state index in [2.05, 4.69) is 77.9 Å². The zero-order chi connectivity index (χ0) is 28.4. The molecule has 0 bridgehead atoms. The van der Waals surface area contributed by atoms with Crippen molar-refractivity contribution in [3.63, 3.8) is 0 Å². The van der Waals surface area contributed by atoms with Crippen LogP contribution >= 0.6 is 11.3 Å². The van der Waals surface area contributed by atoms with E-state index >= 15 is 0 Å². The summed E-state index contributed by atoms with van der Waals surface area (Å²) in [6, 6.07) is 2.05. The van der Waals surface area contributed by atoms with Gasteiger partial charge in [0.15, 0.2) is 0 Å². The first kappa shape index (κ1) is 28.9. The molecule has 5 rings (SSSR count). The van der Waals surface area contributed by atoms with Crippen molar-refractivity contribution < 1.29 is 19.5 Å². The predicted octanol–water partition coefficient (Wildman–Crippen LogP) is 5.08. The van der Waals surface area contributed by atoms with E-state index in [0.717, 1.165) is 11.3 Å². The molecule has 5 heterocycles. The van der Waals surface area contributed by atoms with Gasteiger partial charge in [-0.3, -0.25) is 0 Å². The molecule has 0 saturated heterocycles. The number of rotatable bonds is 6. The van der Waals surface area contributed by atoms with E-state index in [-0.39, 0.29) is 42.4 Å². The Morgan fingerprint density at radius 1 is 0.854 bits per heavy atom. The minimum Gasteiger partial charge on any atom is -0.371 e. The van der Waals surface area contributed by atoms with Gasteiger partial charge in [-0.15, -0.1) is 30.6 Å². The standard InChI is InChI=1S/C23H17N16S.Ru/c1-11-17(8-26-14(4)27-11)30-33-21-18(25-6)10-39(37-21)23-35-34-22(40-23)38-9-16(7-24)20(36-38)32-31-19-12(2)28-15(5)29-13(19)3;/h9-10H,1-5H3;/q-1;+1. The van der Waals surface area contributed by atoms with Gasteiger partial charge in [-0.2, -0.15) is 15.5 Å². The number of azo groups is 2. The Balaban J connectivity index is 0.00000387. The largest absolute Gasteiger partial charge is 1.00 e. The number of nitrogens with zero attached hydrogens (tertiary/aromatic N) is 16. The molecule has 0 aromatic carbocycles. The van der Waals surface area contributed by atoms with Crippen LogP contribution in [0.3, 0.4) is 0 Å². The maximum Gasteiger partial charge on any atom is 1.00 e. The maximum absolute atomic E-state index is 9.59. The van der Waals surface area contributed by atoms with Crippen LogP contribution in [0.15, 0.2) is 32.9 Å². The number of nitriles is 1. The molecule has 0 unspecified atom stereocenters. The van der Waals surface area contributed by atoms with E-state index in [1.807, 2.05) is 0 Å². The molecule has 41 heavy (non-hydrogen) atoms. The fraction of sp³-hybridized carbons (Fsp3) is 0.217. The van der Waals surface area contributed by atoms with Crippen molar-refractivity contribution in [3.05, 3.63) is 64.3 Å². The first-order valence-electron chi connectivity index (χ1n) is 11.4. The zero-order valence-corrected chi connectivity index (χ0v) is 24.6. The van der Waals surface area contributed by atoms with Crippen LogP contribution in [0.4, 0.5) is 28.7 Å². The number of aromatic nitrogens is 10. The Labute approximate surface area is 249 Å². The van der Waals surface area contributed by atoms with E-state index in [0.29, 0.717) is 50.4 Å². The molecule has 203 valence electrons. The second-order valence-corrected chi connectivity index (χ2v) is 9.13. The van der Waals surface area contributed by atoms with Crippen LogP contribution in [0.25, 0.3) is 15.1 Å². The molecule has 0 fully saturated rings. The molecule has 5 aromatic heterocycles. The molecule has 0 N–H and O–H groups in total. The molecule has 16 nitrogen and oxygen atoms in total. The van der Waals surface area contributed by atoms with Crippen LogP contribution in [0.1, 0.15) is 34.3 Å². The summed E-state index contributed by atoms with van der Waals surface area (Å²) in [5.41, 5.74) is 3.12. The van der Waals surface area contributed by atoms with Gasteiger partial charge in [0.25, 0.3) is 5.69 Å². The minimum atomic E-state index is 0. The van der Waals surface area contributed by atoms with E-state index in [1.54, 1.807) is 34.6 Å². The van der Waals surface area contributed by atoms with Crippen LogP contribution in [-0.4, -0.2) is 49.7 Å². The van der Waals surface area contributed by atoms with Crippen molar-refractivity contribution in [1.29, 1.82) is 5.26 Å². The Kier molecular flexibility index (Phi) is 8.46. The zero-order valence-electron chi connectivity index (χ0n) is 22.1. The molecule has 0 saturated carbocycles. The van der Waals surface area contributed by atoms with Crippen molar-refractivity contribution in [1.82, 2.24) is 49.7 Å². The van der Waals surface area contributed by atoms with Gasteiger partial charge in [0, 0.05) is 17.7 Å². The fourth-order valence-corrected chi connectivity index (χ4v) is 4.16. The van der Waals surface area contributed by atoms with Gasteiger partial charge in [0.1, 0.15) is 23.1 Å². The molecule has 5 aromatic rings. The summed E-state index contributed by atoms with van der Waals surface area (Å²) in [5, 5.41) is 43.7. The van der Waals surface area contributed by atoms with Gasteiger partial charge in [-0.1, -0.05) is 25.2 Å². The van der Waals surface area contributed by atoms with E-state index in [1.165, 1.54) is 21.8 Å². The molecule has 0 amide bonds. The monoisotopic (exact) mass is 651 g/mol. The van der Waals surface area contributed by atoms with Crippen LogP contribution in [0, 0.1) is 58.7 Å². The Morgan fingerprint density at radius 3 is 2.10 bits per heavy atom. The van der Waals surface area contributed by atoms with Gasteiger partial charge < -0.3 is 9.97 Å². The second kappa shape index (κ2) is 12.0. The summed E-state index contributed by atoms with van der Waals surface area (Å²) in [6.07, 6.45) is 5.69. The predicted molar refractivity (Wildman–Crippen MR) is 140 cm³/mol. The molecule has 0 spiro atoms. The minimum absolute atomic E-state index is 0. The van der Waals surface area contributed by atoms with Crippen LogP contribution in [0.5, 0.6) is 0 Å². The summed E-state index contributed by atoms with van der Waals surface area (Å²) in [5.74, 6) is 1.38. The summed E-state index contributed by atoms with van der Waals surface area (Å²) in [6.45, 7) is 16.4. The molecule has 0 atom stereocenters. The molecule has 0 aliphatic rings. The number of aryl methyl sites for hydroxylation is 5. The fourth-order valence-electron chi connectivity index (χ4n) is 3.46. The second-order valence-electron chi connectivity index (χ2n) is 8.19. The van der Waals surface area contributed by atoms with Crippen molar-refractivity contribution in [2.45, 2.75) is 34.6 Å². The molecule has 0 aliphatic heterocycles. The summed E-state index contributed by atoms with van der Waals surface area (Å²) in [7, 11) is 0. The van der Waals surface area contributed by atoms with Crippen molar-refractivity contribution in [2.24, 2.45) is 20.5 Å². The normalized spacial score (nSPS) is 11.1. The van der Waals surface area contributed by atoms with E-state index in [4.69, 9.17) is 6.57 Å². The van der Waals surface area contributed by atoms with Crippen LogP contribution in [-0.2, 0) is 19.5 Å². The SMILES string of the molecule is [C-]#[N+]c1cn(-c2nnc(-n3cc(C#N)c(N=Nc4c(C)nc(C)nc4C)n3)s2)nc1N=Nc1[c-]nc(C)nc1C.[Ru+]. The van der Waals surface area contributed by atoms with Crippen molar-refractivity contribution in [2.75, 3.05) is 0 Å². The first-order chi connectivity index (χ1) is 19.2. The molecule has 18 heteroatoms.